The molecule has 0 N–H and O–H groups in total. The molecule has 0 aliphatic rings. The van der Waals surface area contributed by atoms with Gasteiger partial charge in [-0.3, -0.25) is 4.79 Å². The fourth-order valence-corrected chi connectivity index (χ4v) is 3.28. The molecule has 0 saturated carbocycles. The summed E-state index contributed by atoms with van der Waals surface area (Å²) in [5.41, 5.74) is 1.56. The van der Waals surface area contributed by atoms with Crippen LogP contribution in [0.4, 0.5) is 8.78 Å². The van der Waals surface area contributed by atoms with Gasteiger partial charge >= 0.3 is 0 Å². The normalized spacial score (nSPS) is 11.1. The van der Waals surface area contributed by atoms with Gasteiger partial charge in [-0.15, -0.1) is 0 Å². The number of fused-ring (bicyclic) bond motifs is 1. The Morgan fingerprint density at radius 1 is 0.929 bits per heavy atom. The SMILES string of the molecule is O=c1c2ccccc2c(Cc2ccc(Cl)cc2)nn1Cc1ccc(F)cc1F. The second kappa shape index (κ2) is 7.52. The number of aromatic nitrogens is 2. The van der Waals surface area contributed by atoms with Crippen molar-refractivity contribution in [3.8, 4) is 0 Å². The molecule has 0 aliphatic heterocycles. The Bertz CT molecular complexity index is 1220. The van der Waals surface area contributed by atoms with Crippen LogP contribution in [0.5, 0.6) is 0 Å². The number of hydrogen-bond acceptors (Lipinski definition) is 2. The van der Waals surface area contributed by atoms with Gasteiger partial charge in [0.25, 0.3) is 5.56 Å². The van der Waals surface area contributed by atoms with Crippen LogP contribution < -0.4 is 5.56 Å². The lowest BCUT2D eigenvalue weighted by molar-refractivity contribution is 0.550. The first-order valence-corrected chi connectivity index (χ1v) is 9.06. The molecule has 1 heterocycles. The smallest absolute Gasteiger partial charge is 0.267 e. The van der Waals surface area contributed by atoms with Crippen LogP contribution in [0.15, 0.2) is 71.5 Å². The first-order valence-electron chi connectivity index (χ1n) is 8.68. The highest BCUT2D eigenvalue weighted by Gasteiger charge is 2.13. The van der Waals surface area contributed by atoms with Gasteiger partial charge in [0.1, 0.15) is 11.6 Å². The largest absolute Gasteiger partial charge is 0.274 e. The zero-order chi connectivity index (χ0) is 19.7. The fourth-order valence-electron chi connectivity index (χ4n) is 3.15. The predicted molar refractivity (Wildman–Crippen MR) is 106 cm³/mol. The van der Waals surface area contributed by atoms with Crippen molar-refractivity contribution in [1.29, 1.82) is 0 Å². The summed E-state index contributed by atoms with van der Waals surface area (Å²) in [7, 11) is 0. The average molecular weight is 397 g/mol. The van der Waals surface area contributed by atoms with Crippen molar-refractivity contribution in [3.05, 3.63) is 111 Å². The van der Waals surface area contributed by atoms with Gasteiger partial charge in [0, 0.05) is 28.5 Å². The number of halogens is 3. The number of benzene rings is 3. The molecule has 0 atom stereocenters. The summed E-state index contributed by atoms with van der Waals surface area (Å²) < 4.78 is 28.5. The lowest BCUT2D eigenvalue weighted by Crippen LogP contribution is -2.25. The highest BCUT2D eigenvalue weighted by Crippen LogP contribution is 2.19. The van der Waals surface area contributed by atoms with E-state index < -0.39 is 11.6 Å². The molecule has 0 saturated heterocycles. The van der Waals surface area contributed by atoms with Crippen LogP contribution in [-0.2, 0) is 13.0 Å². The average Bonchev–Trinajstić information content (AvgIpc) is 2.69. The monoisotopic (exact) mass is 396 g/mol. The van der Waals surface area contributed by atoms with E-state index in [1.807, 2.05) is 24.3 Å². The molecule has 0 spiro atoms. The summed E-state index contributed by atoms with van der Waals surface area (Å²) in [5, 5.41) is 6.38. The van der Waals surface area contributed by atoms with Crippen molar-refractivity contribution < 1.29 is 8.78 Å². The Labute approximate surface area is 164 Å². The van der Waals surface area contributed by atoms with Crippen molar-refractivity contribution in [1.82, 2.24) is 9.78 Å². The molecular formula is C22H15ClF2N2O. The molecule has 4 aromatic rings. The third-order valence-electron chi connectivity index (χ3n) is 4.56. The Morgan fingerprint density at radius 2 is 1.64 bits per heavy atom. The van der Waals surface area contributed by atoms with E-state index in [9.17, 15) is 13.6 Å². The number of rotatable bonds is 4. The van der Waals surface area contributed by atoms with Gasteiger partial charge in [0.2, 0.25) is 0 Å². The Kier molecular flexibility index (Phi) is 4.92. The summed E-state index contributed by atoms with van der Waals surface area (Å²) in [4.78, 5) is 12.8. The summed E-state index contributed by atoms with van der Waals surface area (Å²) in [6.45, 7) is -0.0800. The molecular weight excluding hydrogens is 382 g/mol. The zero-order valence-electron chi connectivity index (χ0n) is 14.7. The van der Waals surface area contributed by atoms with Crippen LogP contribution in [0, 0.1) is 11.6 Å². The predicted octanol–water partition coefficient (Wildman–Crippen LogP) is 4.97. The molecule has 0 fully saturated rings. The van der Waals surface area contributed by atoms with Crippen molar-refractivity contribution in [2.24, 2.45) is 0 Å². The topological polar surface area (TPSA) is 34.9 Å². The molecule has 28 heavy (non-hydrogen) atoms. The summed E-state index contributed by atoms with van der Waals surface area (Å²) in [6.07, 6.45) is 0.490. The second-order valence-electron chi connectivity index (χ2n) is 6.49. The van der Waals surface area contributed by atoms with Crippen LogP contribution >= 0.6 is 11.6 Å². The van der Waals surface area contributed by atoms with E-state index >= 15 is 0 Å². The van der Waals surface area contributed by atoms with Gasteiger partial charge in [-0.1, -0.05) is 48.0 Å². The summed E-state index contributed by atoms with van der Waals surface area (Å²) in [5.74, 6) is -1.37. The quantitative estimate of drug-likeness (QED) is 0.488. The third kappa shape index (κ3) is 3.66. The van der Waals surface area contributed by atoms with Gasteiger partial charge in [0.05, 0.1) is 17.6 Å². The van der Waals surface area contributed by atoms with Crippen LogP contribution in [0.3, 0.4) is 0 Å². The highest BCUT2D eigenvalue weighted by molar-refractivity contribution is 6.30. The minimum atomic E-state index is -0.707. The lowest BCUT2D eigenvalue weighted by Gasteiger charge is -2.12. The van der Waals surface area contributed by atoms with Crippen LogP contribution in [0.1, 0.15) is 16.8 Å². The van der Waals surface area contributed by atoms with E-state index in [0.717, 1.165) is 17.0 Å². The van der Waals surface area contributed by atoms with E-state index in [1.54, 1.807) is 24.3 Å². The minimum absolute atomic E-state index is 0.0800. The molecule has 0 unspecified atom stereocenters. The summed E-state index contributed by atoms with van der Waals surface area (Å²) >= 11 is 5.95. The molecule has 4 rings (SSSR count). The van der Waals surface area contributed by atoms with E-state index in [2.05, 4.69) is 5.10 Å². The third-order valence-corrected chi connectivity index (χ3v) is 4.82. The van der Waals surface area contributed by atoms with Crippen molar-refractivity contribution in [3.63, 3.8) is 0 Å². The first-order chi connectivity index (χ1) is 13.5. The second-order valence-corrected chi connectivity index (χ2v) is 6.93. The van der Waals surface area contributed by atoms with Gasteiger partial charge in [-0.2, -0.15) is 5.10 Å². The molecule has 1 aromatic heterocycles. The molecule has 0 amide bonds. The van der Waals surface area contributed by atoms with Gasteiger partial charge in [0.15, 0.2) is 0 Å². The van der Waals surface area contributed by atoms with Gasteiger partial charge < -0.3 is 0 Å². The highest BCUT2D eigenvalue weighted by atomic mass is 35.5. The maximum absolute atomic E-state index is 14.1. The Hall–Kier alpha value is -3.05. The fraction of sp³-hybridized carbons (Fsp3) is 0.0909. The molecule has 6 heteroatoms. The molecule has 140 valence electrons. The number of nitrogens with zero attached hydrogens (tertiary/aromatic N) is 2. The lowest BCUT2D eigenvalue weighted by atomic mass is 10.0. The van der Waals surface area contributed by atoms with Crippen molar-refractivity contribution in [2.45, 2.75) is 13.0 Å². The minimum Gasteiger partial charge on any atom is -0.267 e. The molecule has 0 radical (unpaired) electrons. The molecule has 3 nitrogen and oxygen atoms in total. The standard InChI is InChI=1S/C22H15ClF2N2O/c23-16-8-5-14(6-9-16)11-21-18-3-1-2-4-19(18)22(28)27(26-21)13-15-7-10-17(24)12-20(15)25/h1-10,12H,11,13H2. The van der Waals surface area contributed by atoms with Crippen LogP contribution in [0.2, 0.25) is 5.02 Å². The van der Waals surface area contributed by atoms with E-state index in [1.165, 1.54) is 16.8 Å². The first kappa shape index (κ1) is 18.3. The van der Waals surface area contributed by atoms with E-state index in [-0.39, 0.29) is 17.7 Å². The van der Waals surface area contributed by atoms with Gasteiger partial charge in [-0.05, 0) is 29.8 Å². The van der Waals surface area contributed by atoms with E-state index in [4.69, 9.17) is 11.6 Å². The maximum atomic E-state index is 14.1. The maximum Gasteiger partial charge on any atom is 0.274 e. The molecule has 0 aliphatic carbocycles. The molecule has 3 aromatic carbocycles. The van der Waals surface area contributed by atoms with Crippen LogP contribution in [0.25, 0.3) is 10.8 Å². The Morgan fingerprint density at radius 3 is 2.36 bits per heavy atom. The zero-order valence-corrected chi connectivity index (χ0v) is 15.5. The van der Waals surface area contributed by atoms with Crippen LogP contribution in [-0.4, -0.2) is 9.78 Å². The van der Waals surface area contributed by atoms with Crippen molar-refractivity contribution >= 4 is 22.4 Å². The van der Waals surface area contributed by atoms with Gasteiger partial charge in [-0.25, -0.2) is 13.5 Å². The van der Waals surface area contributed by atoms with Crippen molar-refractivity contribution in [2.75, 3.05) is 0 Å². The molecule has 0 bridgehead atoms. The number of hydrogen-bond donors (Lipinski definition) is 0. The summed E-state index contributed by atoms with van der Waals surface area (Å²) in [6, 6.07) is 17.9. The Balaban J connectivity index is 1.81. The van der Waals surface area contributed by atoms with E-state index in [0.29, 0.717) is 22.5 Å².